The fraction of sp³-hybridized carbons (Fsp3) is 1.00. The third-order valence-electron chi connectivity index (χ3n) is 4.55. The van der Waals surface area contributed by atoms with E-state index in [4.69, 9.17) is 4.74 Å². The molecular weight excluding hydrogens is 234 g/mol. The van der Waals surface area contributed by atoms with Crippen LogP contribution in [0.25, 0.3) is 0 Å². The highest BCUT2D eigenvalue weighted by Crippen LogP contribution is 2.30. The zero-order valence-electron chi connectivity index (χ0n) is 13.6. The molecule has 0 radical (unpaired) electrons. The first-order chi connectivity index (χ1) is 9.19. The highest BCUT2D eigenvalue weighted by atomic mass is 16.5. The second kappa shape index (κ2) is 9.77. The molecule has 0 amide bonds. The predicted octanol–water partition coefficient (Wildman–Crippen LogP) is 4.39. The van der Waals surface area contributed by atoms with Crippen LogP contribution < -0.4 is 5.32 Å². The minimum atomic E-state index is 0.424. The maximum Gasteiger partial charge on any atom is 0.0752 e. The summed E-state index contributed by atoms with van der Waals surface area (Å²) in [4.78, 5) is 0. The van der Waals surface area contributed by atoms with Crippen LogP contribution >= 0.6 is 0 Å². The molecule has 1 fully saturated rings. The smallest absolute Gasteiger partial charge is 0.0752 e. The molecule has 2 atom stereocenters. The topological polar surface area (TPSA) is 21.3 Å². The van der Waals surface area contributed by atoms with Crippen LogP contribution in [0, 0.1) is 11.8 Å². The van der Waals surface area contributed by atoms with Gasteiger partial charge in [-0.2, -0.15) is 0 Å². The summed E-state index contributed by atoms with van der Waals surface area (Å²) >= 11 is 0. The Morgan fingerprint density at radius 2 is 1.79 bits per heavy atom. The number of hydrogen-bond donors (Lipinski definition) is 1. The van der Waals surface area contributed by atoms with Crippen LogP contribution in [0.2, 0.25) is 0 Å². The lowest BCUT2D eigenvalue weighted by Gasteiger charge is -2.35. The van der Waals surface area contributed by atoms with Gasteiger partial charge in [0.1, 0.15) is 0 Å². The van der Waals surface area contributed by atoms with Crippen LogP contribution in [-0.4, -0.2) is 25.8 Å². The van der Waals surface area contributed by atoms with E-state index in [1.54, 1.807) is 0 Å². The van der Waals surface area contributed by atoms with Crippen molar-refractivity contribution in [1.82, 2.24) is 5.32 Å². The molecule has 2 heteroatoms. The Labute approximate surface area is 120 Å². The molecule has 0 aliphatic heterocycles. The molecule has 1 aliphatic rings. The van der Waals surface area contributed by atoms with Crippen molar-refractivity contribution in [2.24, 2.45) is 11.8 Å². The minimum absolute atomic E-state index is 0.424. The average Bonchev–Trinajstić information content (AvgIpc) is 2.40. The Morgan fingerprint density at radius 1 is 1.11 bits per heavy atom. The molecule has 1 saturated carbocycles. The fourth-order valence-corrected chi connectivity index (χ4v) is 3.54. The van der Waals surface area contributed by atoms with E-state index < -0.39 is 0 Å². The Hall–Kier alpha value is -0.0800. The molecule has 0 aromatic carbocycles. The Kier molecular flexibility index (Phi) is 8.72. The quantitative estimate of drug-likeness (QED) is 0.670. The predicted molar refractivity (Wildman–Crippen MR) is 83.5 cm³/mol. The van der Waals surface area contributed by atoms with E-state index in [0.717, 1.165) is 18.4 Å². The second-order valence-electron chi connectivity index (χ2n) is 6.59. The third kappa shape index (κ3) is 6.27. The van der Waals surface area contributed by atoms with E-state index in [-0.39, 0.29) is 0 Å². The van der Waals surface area contributed by atoms with Gasteiger partial charge in [0.05, 0.1) is 6.10 Å². The normalized spacial score (nSPS) is 20.7. The Morgan fingerprint density at radius 3 is 2.32 bits per heavy atom. The summed E-state index contributed by atoms with van der Waals surface area (Å²) in [5.74, 6) is 1.60. The van der Waals surface area contributed by atoms with Crippen molar-refractivity contribution in [3.05, 3.63) is 0 Å². The molecule has 114 valence electrons. The maximum absolute atomic E-state index is 5.90. The molecular formula is C17H35NO. The maximum atomic E-state index is 5.90. The van der Waals surface area contributed by atoms with Crippen LogP contribution in [0.15, 0.2) is 0 Å². The first-order valence-electron chi connectivity index (χ1n) is 8.45. The number of rotatable bonds is 9. The molecule has 19 heavy (non-hydrogen) atoms. The van der Waals surface area contributed by atoms with Crippen LogP contribution in [0.4, 0.5) is 0 Å². The van der Waals surface area contributed by atoms with E-state index >= 15 is 0 Å². The van der Waals surface area contributed by atoms with E-state index in [0.29, 0.717) is 12.1 Å². The monoisotopic (exact) mass is 269 g/mol. The Balaban J connectivity index is 2.48. The minimum Gasteiger partial charge on any atom is -0.380 e. The molecule has 0 aromatic heterocycles. The molecule has 1 aliphatic carbocycles. The van der Waals surface area contributed by atoms with Crippen molar-refractivity contribution in [2.45, 2.75) is 84.3 Å². The Bertz CT molecular complexity index is 211. The first-order valence-corrected chi connectivity index (χ1v) is 8.45. The molecule has 2 unspecified atom stereocenters. The van der Waals surface area contributed by atoms with E-state index in [2.05, 4.69) is 26.1 Å². The van der Waals surface area contributed by atoms with Crippen LogP contribution in [-0.2, 0) is 4.74 Å². The highest BCUT2D eigenvalue weighted by Gasteiger charge is 2.29. The van der Waals surface area contributed by atoms with Crippen LogP contribution in [0.1, 0.15) is 72.1 Å². The van der Waals surface area contributed by atoms with Crippen molar-refractivity contribution >= 4 is 0 Å². The molecule has 1 N–H and O–H groups in total. The number of methoxy groups -OCH3 is 1. The summed E-state index contributed by atoms with van der Waals surface area (Å²) in [5.41, 5.74) is 0. The molecule has 0 bridgehead atoms. The molecule has 1 rings (SSSR count). The summed E-state index contributed by atoms with van der Waals surface area (Å²) in [7, 11) is 1.91. The van der Waals surface area contributed by atoms with E-state index in [1.807, 2.05) is 7.11 Å². The summed E-state index contributed by atoms with van der Waals surface area (Å²) in [5, 5.41) is 3.68. The van der Waals surface area contributed by atoms with Crippen molar-refractivity contribution in [1.29, 1.82) is 0 Å². The van der Waals surface area contributed by atoms with E-state index in [9.17, 15) is 0 Å². The van der Waals surface area contributed by atoms with Crippen LogP contribution in [0.5, 0.6) is 0 Å². The van der Waals surface area contributed by atoms with Crippen molar-refractivity contribution in [3.8, 4) is 0 Å². The zero-order valence-corrected chi connectivity index (χ0v) is 13.6. The zero-order chi connectivity index (χ0) is 14.1. The highest BCUT2D eigenvalue weighted by molar-refractivity contribution is 4.84. The van der Waals surface area contributed by atoms with Gasteiger partial charge in [-0.1, -0.05) is 52.9 Å². The van der Waals surface area contributed by atoms with Gasteiger partial charge in [0.2, 0.25) is 0 Å². The molecule has 0 saturated heterocycles. The van der Waals surface area contributed by atoms with E-state index in [1.165, 1.54) is 51.4 Å². The van der Waals surface area contributed by atoms with Gasteiger partial charge in [-0.15, -0.1) is 0 Å². The van der Waals surface area contributed by atoms with Crippen molar-refractivity contribution in [3.63, 3.8) is 0 Å². The van der Waals surface area contributed by atoms with Crippen molar-refractivity contribution < 1.29 is 4.74 Å². The third-order valence-corrected chi connectivity index (χ3v) is 4.55. The fourth-order valence-electron chi connectivity index (χ4n) is 3.54. The van der Waals surface area contributed by atoms with Gasteiger partial charge in [-0.3, -0.25) is 0 Å². The van der Waals surface area contributed by atoms with Gasteiger partial charge in [-0.25, -0.2) is 0 Å². The average molecular weight is 269 g/mol. The summed E-state index contributed by atoms with van der Waals surface area (Å²) in [6, 6.07) is 0.553. The summed E-state index contributed by atoms with van der Waals surface area (Å²) < 4.78 is 5.90. The number of nitrogens with one attached hydrogen (secondary N) is 1. The standard InChI is InChI=1S/C17H35NO/c1-5-18-16(13-9-10-14(2)3)17(19-4)15-11-7-6-8-12-15/h14-18H,5-13H2,1-4H3. The summed E-state index contributed by atoms with van der Waals surface area (Å²) in [6.07, 6.45) is 11.3. The second-order valence-corrected chi connectivity index (χ2v) is 6.59. The van der Waals surface area contributed by atoms with Gasteiger partial charge < -0.3 is 10.1 Å². The van der Waals surface area contributed by atoms with Gasteiger partial charge in [-0.05, 0) is 37.6 Å². The lowest BCUT2D eigenvalue weighted by Crippen LogP contribution is -2.45. The number of hydrogen-bond acceptors (Lipinski definition) is 2. The lowest BCUT2D eigenvalue weighted by molar-refractivity contribution is 0.00573. The lowest BCUT2D eigenvalue weighted by atomic mass is 9.81. The van der Waals surface area contributed by atoms with Gasteiger partial charge >= 0.3 is 0 Å². The van der Waals surface area contributed by atoms with Gasteiger partial charge in [0.25, 0.3) is 0 Å². The summed E-state index contributed by atoms with van der Waals surface area (Å²) in [6.45, 7) is 7.90. The molecule has 0 aromatic rings. The first kappa shape index (κ1) is 17.0. The largest absolute Gasteiger partial charge is 0.380 e. The van der Waals surface area contributed by atoms with Gasteiger partial charge in [0, 0.05) is 13.2 Å². The molecule has 2 nitrogen and oxygen atoms in total. The van der Waals surface area contributed by atoms with Gasteiger partial charge in [0.15, 0.2) is 0 Å². The number of ether oxygens (including phenoxy) is 1. The van der Waals surface area contributed by atoms with Crippen molar-refractivity contribution in [2.75, 3.05) is 13.7 Å². The number of likely N-dealkylation sites (N-methyl/N-ethyl adjacent to an activating group) is 1. The molecule has 0 heterocycles. The van der Waals surface area contributed by atoms with Crippen LogP contribution in [0.3, 0.4) is 0 Å². The molecule has 0 spiro atoms. The SMILES string of the molecule is CCNC(CCCC(C)C)C(OC)C1CCCCC1.